The van der Waals surface area contributed by atoms with Crippen molar-refractivity contribution >= 4 is 46.3 Å². The Kier molecular flexibility index (Phi) is 6.47. The molecule has 4 rings (SSSR count). The molecule has 4 aromatic rings. The largest absolute Gasteiger partial charge is 0.326 e. The Morgan fingerprint density at radius 2 is 1.90 bits per heavy atom. The summed E-state index contributed by atoms with van der Waals surface area (Å²) in [6.45, 7) is 2.01. The van der Waals surface area contributed by atoms with E-state index in [-0.39, 0.29) is 12.3 Å². The zero-order valence-electron chi connectivity index (χ0n) is 16.1. The maximum Gasteiger partial charge on any atom is 0.231 e. The number of aromatic nitrogens is 4. The number of rotatable bonds is 7. The SMILES string of the molecule is Cc1ccc(NC(=O)Cc2nc(CSc3n[nH]c(-c4ccc(Cl)cc4)n3)cs2)cc1. The van der Waals surface area contributed by atoms with Crippen molar-refractivity contribution in [2.75, 3.05) is 5.32 Å². The van der Waals surface area contributed by atoms with Crippen LogP contribution in [0.15, 0.2) is 59.1 Å². The van der Waals surface area contributed by atoms with Gasteiger partial charge in [0.25, 0.3) is 0 Å². The Balaban J connectivity index is 1.30. The fourth-order valence-electron chi connectivity index (χ4n) is 2.66. The number of anilines is 1. The molecule has 0 saturated carbocycles. The van der Waals surface area contributed by atoms with E-state index in [1.54, 1.807) is 0 Å². The molecule has 0 unspecified atom stereocenters. The molecule has 0 aliphatic rings. The molecule has 0 aliphatic heterocycles. The molecule has 9 heteroatoms. The van der Waals surface area contributed by atoms with Gasteiger partial charge in [-0.3, -0.25) is 9.89 Å². The quantitative estimate of drug-likeness (QED) is 0.366. The van der Waals surface area contributed by atoms with Crippen molar-refractivity contribution in [1.29, 1.82) is 0 Å². The summed E-state index contributed by atoms with van der Waals surface area (Å²) in [6.07, 6.45) is 0.255. The summed E-state index contributed by atoms with van der Waals surface area (Å²) < 4.78 is 0. The summed E-state index contributed by atoms with van der Waals surface area (Å²) in [5.74, 6) is 1.25. The molecule has 6 nitrogen and oxygen atoms in total. The number of halogens is 1. The Labute approximate surface area is 187 Å². The lowest BCUT2D eigenvalue weighted by atomic mass is 10.2. The van der Waals surface area contributed by atoms with Crippen LogP contribution in [0, 0.1) is 6.92 Å². The van der Waals surface area contributed by atoms with Crippen LogP contribution in [0.5, 0.6) is 0 Å². The van der Waals surface area contributed by atoms with E-state index in [9.17, 15) is 4.79 Å². The van der Waals surface area contributed by atoms with Crippen LogP contribution in [0.3, 0.4) is 0 Å². The summed E-state index contributed by atoms with van der Waals surface area (Å²) in [5.41, 5.74) is 3.77. The number of benzene rings is 2. The van der Waals surface area contributed by atoms with Crippen LogP contribution in [0.25, 0.3) is 11.4 Å². The van der Waals surface area contributed by atoms with Crippen molar-refractivity contribution < 1.29 is 4.79 Å². The van der Waals surface area contributed by atoms with Gasteiger partial charge in [-0.25, -0.2) is 9.97 Å². The molecule has 0 aliphatic carbocycles. The van der Waals surface area contributed by atoms with Crippen LogP contribution in [0.4, 0.5) is 5.69 Å². The standard InChI is InChI=1S/C21H18ClN5OS2/c1-13-2-8-16(9-3-13)23-18(28)10-19-24-17(11-29-19)12-30-21-25-20(26-27-21)14-4-6-15(22)7-5-14/h2-9,11H,10,12H2,1H3,(H,23,28)(H,25,26,27). The Morgan fingerprint density at radius 3 is 2.67 bits per heavy atom. The summed E-state index contributed by atoms with van der Waals surface area (Å²) in [7, 11) is 0. The zero-order valence-corrected chi connectivity index (χ0v) is 18.4. The Morgan fingerprint density at radius 1 is 1.13 bits per heavy atom. The highest BCUT2D eigenvalue weighted by Crippen LogP contribution is 2.24. The number of amides is 1. The molecule has 2 aromatic heterocycles. The minimum atomic E-state index is -0.0750. The van der Waals surface area contributed by atoms with Crippen molar-refractivity contribution in [2.24, 2.45) is 0 Å². The van der Waals surface area contributed by atoms with Gasteiger partial charge in [0.05, 0.1) is 12.1 Å². The lowest BCUT2D eigenvalue weighted by Crippen LogP contribution is -2.14. The molecule has 2 heterocycles. The van der Waals surface area contributed by atoms with Gasteiger partial charge in [0.2, 0.25) is 11.1 Å². The molecule has 1 amide bonds. The molecule has 0 saturated heterocycles. The number of aromatic amines is 1. The number of carbonyl (C=O) groups is 1. The van der Waals surface area contributed by atoms with E-state index in [0.29, 0.717) is 21.8 Å². The number of hydrogen-bond donors (Lipinski definition) is 2. The molecule has 2 aromatic carbocycles. The minimum Gasteiger partial charge on any atom is -0.326 e. The predicted molar refractivity (Wildman–Crippen MR) is 122 cm³/mol. The van der Waals surface area contributed by atoms with Gasteiger partial charge in [-0.2, -0.15) is 0 Å². The second-order valence-electron chi connectivity index (χ2n) is 6.59. The molecule has 0 bridgehead atoms. The highest BCUT2D eigenvalue weighted by molar-refractivity contribution is 7.98. The molecule has 0 radical (unpaired) electrons. The molecular formula is C21H18ClN5OS2. The molecule has 0 atom stereocenters. The van der Waals surface area contributed by atoms with Gasteiger partial charge in [0.1, 0.15) is 5.01 Å². The smallest absolute Gasteiger partial charge is 0.231 e. The molecule has 30 heavy (non-hydrogen) atoms. The number of nitrogens with zero attached hydrogens (tertiary/aromatic N) is 3. The monoisotopic (exact) mass is 455 g/mol. The number of nitrogens with one attached hydrogen (secondary N) is 2. The van der Waals surface area contributed by atoms with E-state index >= 15 is 0 Å². The van der Waals surface area contributed by atoms with Crippen molar-refractivity contribution in [3.8, 4) is 11.4 Å². The van der Waals surface area contributed by atoms with Gasteiger partial charge in [-0.05, 0) is 43.3 Å². The third-order valence-corrected chi connectivity index (χ3v) is 6.21. The van der Waals surface area contributed by atoms with Crippen LogP contribution in [-0.2, 0) is 17.0 Å². The predicted octanol–water partition coefficient (Wildman–Crippen LogP) is 5.36. The van der Waals surface area contributed by atoms with Crippen LogP contribution in [0.1, 0.15) is 16.3 Å². The van der Waals surface area contributed by atoms with Crippen molar-refractivity contribution in [2.45, 2.75) is 24.3 Å². The van der Waals surface area contributed by atoms with Gasteiger partial charge in [0.15, 0.2) is 5.82 Å². The first-order valence-corrected chi connectivity index (χ1v) is 11.4. The third kappa shape index (κ3) is 5.47. The van der Waals surface area contributed by atoms with Crippen molar-refractivity contribution in [3.05, 3.63) is 75.2 Å². The third-order valence-electron chi connectivity index (χ3n) is 4.18. The van der Waals surface area contributed by atoms with E-state index in [1.807, 2.05) is 60.8 Å². The molecule has 152 valence electrons. The van der Waals surface area contributed by atoms with Crippen LogP contribution in [0.2, 0.25) is 5.02 Å². The average Bonchev–Trinajstić information content (AvgIpc) is 3.38. The summed E-state index contributed by atoms with van der Waals surface area (Å²) >= 11 is 8.90. The van der Waals surface area contributed by atoms with Gasteiger partial charge in [-0.15, -0.1) is 16.4 Å². The second kappa shape index (κ2) is 9.42. The number of carbonyl (C=O) groups excluding carboxylic acids is 1. The molecular weight excluding hydrogens is 438 g/mol. The molecule has 2 N–H and O–H groups in total. The number of aryl methyl sites for hydroxylation is 1. The lowest BCUT2D eigenvalue weighted by molar-refractivity contribution is -0.115. The summed E-state index contributed by atoms with van der Waals surface area (Å²) in [5, 5.41) is 14.2. The van der Waals surface area contributed by atoms with Gasteiger partial charge < -0.3 is 5.32 Å². The van der Waals surface area contributed by atoms with Crippen molar-refractivity contribution in [1.82, 2.24) is 20.2 Å². The van der Waals surface area contributed by atoms with E-state index in [2.05, 4.69) is 25.5 Å². The van der Waals surface area contributed by atoms with E-state index < -0.39 is 0 Å². The van der Waals surface area contributed by atoms with E-state index in [1.165, 1.54) is 23.1 Å². The van der Waals surface area contributed by atoms with E-state index in [0.717, 1.165) is 27.5 Å². The zero-order chi connectivity index (χ0) is 20.9. The topological polar surface area (TPSA) is 83.6 Å². The Hall–Kier alpha value is -2.68. The normalized spacial score (nSPS) is 10.9. The summed E-state index contributed by atoms with van der Waals surface area (Å²) in [6, 6.07) is 15.2. The van der Waals surface area contributed by atoms with Gasteiger partial charge in [-0.1, -0.05) is 41.1 Å². The fourth-order valence-corrected chi connectivity index (χ4v) is 4.38. The number of H-pyrrole nitrogens is 1. The van der Waals surface area contributed by atoms with Crippen LogP contribution >= 0.6 is 34.7 Å². The summed E-state index contributed by atoms with van der Waals surface area (Å²) in [4.78, 5) is 21.3. The first-order chi connectivity index (χ1) is 14.5. The van der Waals surface area contributed by atoms with Gasteiger partial charge >= 0.3 is 0 Å². The fraction of sp³-hybridized carbons (Fsp3) is 0.143. The van der Waals surface area contributed by atoms with Crippen LogP contribution in [-0.4, -0.2) is 26.1 Å². The first-order valence-electron chi connectivity index (χ1n) is 9.16. The lowest BCUT2D eigenvalue weighted by Gasteiger charge is -2.04. The highest BCUT2D eigenvalue weighted by Gasteiger charge is 2.11. The number of thioether (sulfide) groups is 1. The van der Waals surface area contributed by atoms with Gasteiger partial charge in [0, 0.05) is 27.4 Å². The maximum absolute atomic E-state index is 12.2. The van der Waals surface area contributed by atoms with Crippen LogP contribution < -0.4 is 5.32 Å². The molecule has 0 spiro atoms. The first kappa shape index (κ1) is 20.6. The second-order valence-corrected chi connectivity index (χ2v) is 8.91. The number of hydrogen-bond acceptors (Lipinski definition) is 6. The van der Waals surface area contributed by atoms with Crippen molar-refractivity contribution in [3.63, 3.8) is 0 Å². The average molecular weight is 456 g/mol. The number of thiazole rings is 1. The molecule has 0 fully saturated rings. The minimum absolute atomic E-state index is 0.0750. The highest BCUT2D eigenvalue weighted by atomic mass is 35.5. The Bertz CT molecular complexity index is 1140. The van der Waals surface area contributed by atoms with E-state index in [4.69, 9.17) is 11.6 Å². The maximum atomic E-state index is 12.2.